The number of aromatic nitrogens is 3. The van der Waals surface area contributed by atoms with Crippen LogP contribution in [0.3, 0.4) is 0 Å². The lowest BCUT2D eigenvalue weighted by molar-refractivity contribution is -0.157. The Morgan fingerprint density at radius 2 is 1.41 bits per heavy atom. The number of carbonyl (C=O) groups is 3. The quantitative estimate of drug-likeness (QED) is 0.375. The molecule has 1 rings (SSSR count). The molecule has 180 valence electrons. The van der Waals surface area contributed by atoms with Crippen LogP contribution < -0.4 is 5.32 Å². The van der Waals surface area contributed by atoms with Gasteiger partial charge in [-0.1, -0.05) is 11.8 Å². The largest absolute Gasteiger partial charge is 0.458 e. The van der Waals surface area contributed by atoms with Gasteiger partial charge in [0.25, 0.3) is 0 Å². The molecule has 0 saturated heterocycles. The maximum absolute atomic E-state index is 12.9. The van der Waals surface area contributed by atoms with Crippen LogP contribution in [0.15, 0.2) is 5.16 Å². The van der Waals surface area contributed by atoms with E-state index < -0.39 is 40.9 Å². The summed E-state index contributed by atoms with van der Waals surface area (Å²) in [4.78, 5) is 42.2. The Morgan fingerprint density at radius 3 is 1.88 bits per heavy atom. The standard InChI is InChI=1S/C21H34N4O6S/c1-19(2,3)29-15(26)13(23-18(28)31-21(7,8)9)11-12-14(16(27)30-20(4,5)6)24-25-17(22-12)32-10/h13H,11H2,1-10H3,(H,23,28)/t13-/m0/s1. The summed E-state index contributed by atoms with van der Waals surface area (Å²) in [6.07, 6.45) is 0.767. The number of carbonyl (C=O) groups excluding carboxylic acids is 3. The first-order chi connectivity index (χ1) is 14.4. The SMILES string of the molecule is CSc1nnc(C(=O)OC(C)(C)C)c(C[C@H](NC(=O)OC(C)(C)C)C(=O)OC(C)(C)C)n1. The van der Waals surface area contributed by atoms with Crippen LogP contribution in [-0.4, -0.2) is 62.3 Å². The zero-order valence-corrected chi connectivity index (χ0v) is 21.3. The molecule has 1 N–H and O–H groups in total. The van der Waals surface area contributed by atoms with Crippen LogP contribution in [-0.2, 0) is 25.4 Å². The monoisotopic (exact) mass is 470 g/mol. The Labute approximate surface area is 193 Å². The Hall–Kier alpha value is -2.43. The van der Waals surface area contributed by atoms with Gasteiger partial charge < -0.3 is 19.5 Å². The van der Waals surface area contributed by atoms with Crippen LogP contribution in [0.1, 0.15) is 78.5 Å². The molecule has 0 unspecified atom stereocenters. The second-order valence-electron chi connectivity index (χ2n) is 10.0. The summed E-state index contributed by atoms with van der Waals surface area (Å²) in [5.74, 6) is -1.44. The third-order valence-electron chi connectivity index (χ3n) is 3.29. The van der Waals surface area contributed by atoms with Gasteiger partial charge in [0.15, 0.2) is 5.69 Å². The lowest BCUT2D eigenvalue weighted by atomic mass is 10.1. The smallest absolute Gasteiger partial charge is 0.408 e. The molecule has 32 heavy (non-hydrogen) atoms. The molecule has 0 aliphatic heterocycles. The van der Waals surface area contributed by atoms with Crippen molar-refractivity contribution in [2.24, 2.45) is 0 Å². The normalized spacial score (nSPS) is 13.2. The molecule has 0 aliphatic carbocycles. The maximum Gasteiger partial charge on any atom is 0.408 e. The van der Waals surface area contributed by atoms with Crippen molar-refractivity contribution >= 4 is 29.8 Å². The molecule has 1 heterocycles. The van der Waals surface area contributed by atoms with Gasteiger partial charge in [-0.05, 0) is 68.6 Å². The van der Waals surface area contributed by atoms with Crippen molar-refractivity contribution in [2.75, 3.05) is 6.26 Å². The van der Waals surface area contributed by atoms with Gasteiger partial charge in [-0.15, -0.1) is 10.2 Å². The number of amides is 1. The van der Waals surface area contributed by atoms with Crippen LogP contribution in [0.2, 0.25) is 0 Å². The third-order valence-corrected chi connectivity index (χ3v) is 3.83. The number of ether oxygens (including phenoxy) is 3. The van der Waals surface area contributed by atoms with Gasteiger partial charge in [-0.3, -0.25) is 0 Å². The molecule has 0 aliphatic rings. The number of hydrogen-bond acceptors (Lipinski definition) is 10. The van der Waals surface area contributed by atoms with Crippen LogP contribution in [0.5, 0.6) is 0 Å². The zero-order valence-electron chi connectivity index (χ0n) is 20.5. The molecule has 0 saturated carbocycles. The molecular formula is C21H34N4O6S. The van der Waals surface area contributed by atoms with E-state index in [1.54, 1.807) is 68.6 Å². The summed E-state index contributed by atoms with van der Waals surface area (Å²) in [5, 5.41) is 10.7. The van der Waals surface area contributed by atoms with Crippen molar-refractivity contribution in [3.8, 4) is 0 Å². The number of hydrogen-bond donors (Lipinski definition) is 1. The van der Waals surface area contributed by atoms with E-state index in [-0.39, 0.29) is 17.8 Å². The Morgan fingerprint density at radius 1 is 0.875 bits per heavy atom. The minimum absolute atomic E-state index is 0.141. The molecular weight excluding hydrogens is 436 g/mol. The summed E-state index contributed by atoms with van der Waals surface area (Å²) in [5.41, 5.74) is -2.34. The van der Waals surface area contributed by atoms with Gasteiger partial charge in [0.2, 0.25) is 5.16 Å². The Kier molecular flexibility index (Phi) is 9.02. The van der Waals surface area contributed by atoms with Gasteiger partial charge in [0.1, 0.15) is 22.8 Å². The first-order valence-electron chi connectivity index (χ1n) is 10.1. The van der Waals surface area contributed by atoms with E-state index in [0.717, 1.165) is 0 Å². The fourth-order valence-corrected chi connectivity index (χ4v) is 2.59. The molecule has 10 nitrogen and oxygen atoms in total. The number of nitrogens with zero attached hydrogens (tertiary/aromatic N) is 3. The second-order valence-corrected chi connectivity index (χ2v) is 10.8. The minimum atomic E-state index is -1.18. The highest BCUT2D eigenvalue weighted by molar-refractivity contribution is 7.98. The predicted octanol–water partition coefficient (Wildman–Crippen LogP) is 3.33. The molecule has 0 radical (unpaired) electrons. The predicted molar refractivity (Wildman–Crippen MR) is 119 cm³/mol. The topological polar surface area (TPSA) is 130 Å². The summed E-state index contributed by atoms with van der Waals surface area (Å²) >= 11 is 1.22. The fraction of sp³-hybridized carbons (Fsp3) is 0.714. The van der Waals surface area contributed by atoms with Crippen molar-refractivity contribution < 1.29 is 28.6 Å². The van der Waals surface area contributed by atoms with Crippen LogP contribution in [0.4, 0.5) is 4.79 Å². The molecule has 0 fully saturated rings. The Balaban J connectivity index is 3.32. The lowest BCUT2D eigenvalue weighted by Gasteiger charge is -2.26. The molecule has 1 aromatic heterocycles. The average molecular weight is 471 g/mol. The van der Waals surface area contributed by atoms with E-state index >= 15 is 0 Å². The van der Waals surface area contributed by atoms with Crippen LogP contribution in [0, 0.1) is 0 Å². The molecule has 11 heteroatoms. The van der Waals surface area contributed by atoms with Gasteiger partial charge in [-0.2, -0.15) is 0 Å². The second kappa shape index (κ2) is 10.5. The summed E-state index contributed by atoms with van der Waals surface area (Å²) in [7, 11) is 0. The van der Waals surface area contributed by atoms with Crippen LogP contribution >= 0.6 is 11.8 Å². The third kappa shape index (κ3) is 10.3. The van der Waals surface area contributed by atoms with Crippen molar-refractivity contribution in [1.29, 1.82) is 0 Å². The minimum Gasteiger partial charge on any atom is -0.458 e. The highest BCUT2D eigenvalue weighted by Crippen LogP contribution is 2.18. The fourth-order valence-electron chi connectivity index (χ4n) is 2.26. The van der Waals surface area contributed by atoms with E-state index in [1.807, 2.05) is 0 Å². The van der Waals surface area contributed by atoms with Crippen molar-refractivity contribution in [3.63, 3.8) is 0 Å². The number of nitrogens with one attached hydrogen (secondary N) is 1. The highest BCUT2D eigenvalue weighted by Gasteiger charge is 2.32. The van der Waals surface area contributed by atoms with E-state index in [1.165, 1.54) is 11.8 Å². The van der Waals surface area contributed by atoms with Gasteiger partial charge in [0.05, 0.1) is 5.69 Å². The van der Waals surface area contributed by atoms with Gasteiger partial charge in [0, 0.05) is 6.42 Å². The molecule has 0 aromatic carbocycles. The molecule has 1 aromatic rings. The van der Waals surface area contributed by atoms with Crippen molar-refractivity contribution in [3.05, 3.63) is 11.4 Å². The first-order valence-corrected chi connectivity index (χ1v) is 11.4. The van der Waals surface area contributed by atoms with E-state index in [4.69, 9.17) is 14.2 Å². The Bertz CT molecular complexity index is 840. The number of alkyl carbamates (subject to hydrolysis) is 1. The van der Waals surface area contributed by atoms with Crippen molar-refractivity contribution in [1.82, 2.24) is 20.5 Å². The maximum atomic E-state index is 12.9. The van der Waals surface area contributed by atoms with Gasteiger partial charge in [-0.25, -0.2) is 19.4 Å². The van der Waals surface area contributed by atoms with E-state index in [0.29, 0.717) is 5.16 Å². The van der Waals surface area contributed by atoms with E-state index in [2.05, 4.69) is 20.5 Å². The average Bonchev–Trinajstić information content (AvgIpc) is 2.56. The highest BCUT2D eigenvalue weighted by atomic mass is 32.2. The summed E-state index contributed by atoms with van der Waals surface area (Å²) < 4.78 is 16.1. The number of esters is 2. The summed E-state index contributed by atoms with van der Waals surface area (Å²) in [6.45, 7) is 15.4. The molecule has 0 bridgehead atoms. The van der Waals surface area contributed by atoms with Crippen molar-refractivity contribution in [2.45, 2.75) is 96.7 Å². The molecule has 0 spiro atoms. The molecule has 1 amide bonds. The first kappa shape index (κ1) is 27.6. The summed E-state index contributed by atoms with van der Waals surface area (Å²) in [6, 6.07) is -1.18. The van der Waals surface area contributed by atoms with E-state index in [9.17, 15) is 14.4 Å². The number of rotatable bonds is 6. The molecule has 1 atom stereocenters. The van der Waals surface area contributed by atoms with Crippen LogP contribution in [0.25, 0.3) is 0 Å². The van der Waals surface area contributed by atoms with Gasteiger partial charge >= 0.3 is 18.0 Å². The lowest BCUT2D eigenvalue weighted by Crippen LogP contribution is -2.47. The zero-order chi connectivity index (χ0) is 24.9. The number of thioether (sulfide) groups is 1.